The van der Waals surface area contributed by atoms with Gasteiger partial charge in [-0.3, -0.25) is 14.9 Å². The number of nitrogens with one attached hydrogen (secondary N) is 1. The van der Waals surface area contributed by atoms with Gasteiger partial charge in [-0.15, -0.1) is 0 Å². The Labute approximate surface area is 218 Å². The predicted molar refractivity (Wildman–Crippen MR) is 138 cm³/mol. The molecule has 0 aliphatic rings. The molecule has 0 spiro atoms. The fourth-order valence-electron chi connectivity index (χ4n) is 3.04. The van der Waals surface area contributed by atoms with Crippen molar-refractivity contribution in [3.8, 4) is 5.75 Å². The van der Waals surface area contributed by atoms with Crippen LogP contribution in [-0.4, -0.2) is 20.6 Å². The summed E-state index contributed by atoms with van der Waals surface area (Å²) in [6.45, 7) is 2.03. The summed E-state index contributed by atoms with van der Waals surface area (Å²) >= 11 is 10.9. The van der Waals surface area contributed by atoms with Crippen molar-refractivity contribution in [2.24, 2.45) is 0 Å². The van der Waals surface area contributed by atoms with Crippen LogP contribution in [0.15, 0.2) is 87.2 Å². The zero-order valence-corrected chi connectivity index (χ0v) is 21.4. The summed E-state index contributed by atoms with van der Waals surface area (Å²) in [4.78, 5) is 25.3. The number of carbonyl (C=O) groups excluding carboxylic acids is 1. The first-order valence-electron chi connectivity index (χ1n) is 10.2. The second-order valence-electron chi connectivity index (χ2n) is 7.43. The van der Waals surface area contributed by atoms with Crippen molar-refractivity contribution in [3.05, 3.63) is 104 Å². The molecule has 0 saturated carbocycles. The summed E-state index contributed by atoms with van der Waals surface area (Å²) in [5.74, 6) is -0.0243. The third kappa shape index (κ3) is 6.62. The zero-order valence-electron chi connectivity index (χ0n) is 18.3. The van der Waals surface area contributed by atoms with E-state index in [2.05, 4.69) is 26.3 Å². The molecule has 1 N–H and O–H groups in total. The molecular weight excluding hydrogens is 556 g/mol. The number of nitro groups is 1. The lowest BCUT2D eigenvalue weighted by Crippen LogP contribution is -2.14. The Balaban J connectivity index is 1.46. The summed E-state index contributed by atoms with van der Waals surface area (Å²) in [6, 6.07) is 19.0. The molecular formula is C24H18BrClN4O4S. The minimum absolute atomic E-state index is 0.0444. The molecule has 3 aromatic carbocycles. The lowest BCUT2D eigenvalue weighted by Gasteiger charge is -2.09. The molecule has 1 heterocycles. The molecule has 0 aliphatic carbocycles. The molecule has 0 unspecified atom stereocenters. The molecule has 4 rings (SSSR count). The van der Waals surface area contributed by atoms with Crippen molar-refractivity contribution in [1.29, 1.82) is 0 Å². The fraction of sp³-hybridized carbons (Fsp3) is 0.0833. The quantitative estimate of drug-likeness (QED) is 0.181. The maximum Gasteiger partial charge on any atom is 0.276 e. The van der Waals surface area contributed by atoms with E-state index in [9.17, 15) is 14.9 Å². The van der Waals surface area contributed by atoms with Gasteiger partial charge in [-0.25, -0.2) is 4.68 Å². The van der Waals surface area contributed by atoms with E-state index >= 15 is 0 Å². The Kier molecular flexibility index (Phi) is 7.74. The average Bonchev–Trinajstić information content (AvgIpc) is 3.29. The van der Waals surface area contributed by atoms with Crippen molar-refractivity contribution < 1.29 is 14.5 Å². The molecule has 1 aromatic heterocycles. The number of aryl methyl sites for hydroxylation is 1. The van der Waals surface area contributed by atoms with Gasteiger partial charge in [0.15, 0.2) is 12.4 Å². The highest BCUT2D eigenvalue weighted by Crippen LogP contribution is 2.33. The van der Waals surface area contributed by atoms with Crippen LogP contribution in [0.5, 0.6) is 5.75 Å². The number of non-ortho nitro benzene ring substituents is 1. The number of halogens is 2. The monoisotopic (exact) mass is 572 g/mol. The first kappa shape index (κ1) is 24.8. The highest BCUT2D eigenvalue weighted by molar-refractivity contribution is 9.10. The number of benzene rings is 3. The first-order valence-corrected chi connectivity index (χ1v) is 12.2. The SMILES string of the molecule is Cc1ccc(Sc2cc(NC(=O)c3ccn(COc4ccc(Br)cc4Cl)n3)cc([N+](=O)[O-])c2)cc1. The van der Waals surface area contributed by atoms with Gasteiger partial charge in [0, 0.05) is 38.3 Å². The van der Waals surface area contributed by atoms with E-state index < -0.39 is 10.8 Å². The number of nitrogens with zero attached hydrogens (tertiary/aromatic N) is 3. The Bertz CT molecular complexity index is 1390. The highest BCUT2D eigenvalue weighted by atomic mass is 79.9. The molecule has 8 nitrogen and oxygen atoms in total. The standard InChI is InChI=1S/C24H18BrClN4O4S/c1-15-2-5-19(6-3-15)35-20-12-17(11-18(13-20)30(32)33)27-24(31)22-8-9-29(28-22)14-34-23-7-4-16(25)10-21(23)26/h2-13H,14H2,1H3,(H,27,31). The Morgan fingerprint density at radius 1 is 1.14 bits per heavy atom. The number of nitro benzene ring substituents is 1. The van der Waals surface area contributed by atoms with Crippen molar-refractivity contribution in [3.63, 3.8) is 0 Å². The summed E-state index contributed by atoms with van der Waals surface area (Å²) in [5.41, 5.74) is 1.43. The normalized spacial score (nSPS) is 10.7. The van der Waals surface area contributed by atoms with Crippen LogP contribution < -0.4 is 10.1 Å². The van der Waals surface area contributed by atoms with Crippen LogP contribution in [0.3, 0.4) is 0 Å². The number of carbonyl (C=O) groups is 1. The van der Waals surface area contributed by atoms with Gasteiger partial charge < -0.3 is 10.1 Å². The smallest absolute Gasteiger partial charge is 0.276 e. The third-order valence-electron chi connectivity index (χ3n) is 4.74. The Hall–Kier alpha value is -3.34. The molecule has 35 heavy (non-hydrogen) atoms. The molecule has 0 fully saturated rings. The van der Waals surface area contributed by atoms with Crippen LogP contribution in [-0.2, 0) is 6.73 Å². The van der Waals surface area contributed by atoms with E-state index in [4.69, 9.17) is 16.3 Å². The topological polar surface area (TPSA) is 99.3 Å². The van der Waals surface area contributed by atoms with Gasteiger partial charge >= 0.3 is 0 Å². The number of amides is 1. The van der Waals surface area contributed by atoms with Crippen LogP contribution in [0.1, 0.15) is 16.1 Å². The maximum atomic E-state index is 12.8. The predicted octanol–water partition coefficient (Wildman–Crippen LogP) is 6.96. The minimum Gasteiger partial charge on any atom is -0.470 e. The third-order valence-corrected chi connectivity index (χ3v) is 6.50. The van der Waals surface area contributed by atoms with E-state index in [0.29, 0.717) is 21.4 Å². The van der Waals surface area contributed by atoms with Crippen LogP contribution in [0.4, 0.5) is 11.4 Å². The second-order valence-corrected chi connectivity index (χ2v) is 9.90. The number of aromatic nitrogens is 2. The first-order chi connectivity index (χ1) is 16.8. The van der Waals surface area contributed by atoms with Crippen LogP contribution >= 0.6 is 39.3 Å². The largest absolute Gasteiger partial charge is 0.470 e. The average molecular weight is 574 g/mol. The number of ether oxygens (including phenoxy) is 1. The van der Waals surface area contributed by atoms with Crippen molar-refractivity contribution >= 4 is 56.6 Å². The molecule has 178 valence electrons. The zero-order chi connectivity index (χ0) is 24.9. The van der Waals surface area contributed by atoms with Gasteiger partial charge in [-0.1, -0.05) is 57.0 Å². The summed E-state index contributed by atoms with van der Waals surface area (Å²) in [5, 5.41) is 18.8. The van der Waals surface area contributed by atoms with Crippen molar-refractivity contribution in [2.45, 2.75) is 23.4 Å². The van der Waals surface area contributed by atoms with E-state index in [0.717, 1.165) is 14.9 Å². The number of anilines is 1. The van der Waals surface area contributed by atoms with Gasteiger partial charge in [0.25, 0.3) is 11.6 Å². The maximum absolute atomic E-state index is 12.8. The highest BCUT2D eigenvalue weighted by Gasteiger charge is 2.15. The molecule has 0 bridgehead atoms. The number of hydrogen-bond acceptors (Lipinski definition) is 6. The Morgan fingerprint density at radius 3 is 2.63 bits per heavy atom. The Morgan fingerprint density at radius 2 is 1.91 bits per heavy atom. The van der Waals surface area contributed by atoms with E-state index in [1.165, 1.54) is 34.6 Å². The molecule has 0 radical (unpaired) electrons. The van der Waals surface area contributed by atoms with Crippen molar-refractivity contribution in [2.75, 3.05) is 5.32 Å². The molecule has 0 saturated heterocycles. The fourth-order valence-corrected chi connectivity index (χ4v) is 4.68. The lowest BCUT2D eigenvalue weighted by molar-refractivity contribution is -0.385. The van der Waals surface area contributed by atoms with Crippen LogP contribution in [0, 0.1) is 17.0 Å². The summed E-state index contributed by atoms with van der Waals surface area (Å²) in [7, 11) is 0. The number of hydrogen-bond donors (Lipinski definition) is 1. The van der Waals surface area contributed by atoms with Gasteiger partial charge in [-0.2, -0.15) is 5.10 Å². The van der Waals surface area contributed by atoms with Gasteiger partial charge in [0.2, 0.25) is 0 Å². The minimum atomic E-state index is -0.503. The number of rotatable bonds is 8. The van der Waals surface area contributed by atoms with Crippen LogP contribution in [0.2, 0.25) is 5.02 Å². The summed E-state index contributed by atoms with van der Waals surface area (Å²) < 4.78 is 7.92. The summed E-state index contributed by atoms with van der Waals surface area (Å²) in [6.07, 6.45) is 1.59. The van der Waals surface area contributed by atoms with E-state index in [-0.39, 0.29) is 18.1 Å². The molecule has 1 amide bonds. The molecule has 0 atom stereocenters. The van der Waals surface area contributed by atoms with Crippen molar-refractivity contribution in [1.82, 2.24) is 9.78 Å². The van der Waals surface area contributed by atoms with Crippen LogP contribution in [0.25, 0.3) is 0 Å². The van der Waals surface area contributed by atoms with E-state index in [1.807, 2.05) is 31.2 Å². The van der Waals surface area contributed by atoms with Gasteiger partial charge in [-0.05, 0) is 49.4 Å². The molecule has 4 aromatic rings. The second kappa shape index (κ2) is 10.9. The van der Waals surface area contributed by atoms with Gasteiger partial charge in [0.05, 0.1) is 9.95 Å². The molecule has 11 heteroatoms. The van der Waals surface area contributed by atoms with E-state index in [1.54, 1.807) is 30.5 Å². The molecule has 0 aliphatic heterocycles. The lowest BCUT2D eigenvalue weighted by atomic mass is 10.2. The van der Waals surface area contributed by atoms with Gasteiger partial charge in [0.1, 0.15) is 5.75 Å².